The zero-order chi connectivity index (χ0) is 11.0. The highest BCUT2D eigenvalue weighted by Gasteiger charge is 2.23. The maximum atomic E-state index is 9.73. The van der Waals surface area contributed by atoms with Crippen LogP contribution in [-0.2, 0) is 0 Å². The number of hydrogen-bond donors (Lipinski definition) is 3. The maximum absolute atomic E-state index is 9.73. The predicted molar refractivity (Wildman–Crippen MR) is 56.9 cm³/mol. The van der Waals surface area contributed by atoms with Crippen LogP contribution in [0.15, 0.2) is 0 Å². The summed E-state index contributed by atoms with van der Waals surface area (Å²) in [5, 5.41) is 28.0. The first kappa shape index (κ1) is 11.1. The molecule has 0 unspecified atom stereocenters. The maximum Gasteiger partial charge on any atom is 0.492 e. The van der Waals surface area contributed by atoms with Gasteiger partial charge in [0.2, 0.25) is 0 Å². The van der Waals surface area contributed by atoms with Crippen LogP contribution in [0.5, 0.6) is 5.75 Å². The van der Waals surface area contributed by atoms with Gasteiger partial charge >= 0.3 is 7.12 Å². The smallest absolute Gasteiger partial charge is 0.492 e. The minimum absolute atomic E-state index is 0.0133. The van der Waals surface area contributed by atoms with Gasteiger partial charge in [0.1, 0.15) is 5.75 Å². The zero-order valence-corrected chi connectivity index (χ0v) is 8.92. The summed E-state index contributed by atoms with van der Waals surface area (Å²) in [6, 6.07) is 0. The molecule has 3 N–H and O–H groups in total. The molecule has 0 aliphatic heterocycles. The lowest BCUT2D eigenvalue weighted by molar-refractivity contribution is 0.418. The molecule has 0 bridgehead atoms. The average Bonchev–Trinajstić information content (AvgIpc) is 2.11. The Hall–Kier alpha value is -0.995. The summed E-state index contributed by atoms with van der Waals surface area (Å²) in [5.41, 5.74) is 3.63. The quantitative estimate of drug-likeness (QED) is 0.563. The van der Waals surface area contributed by atoms with Gasteiger partial charge < -0.3 is 15.2 Å². The van der Waals surface area contributed by atoms with Gasteiger partial charge in [-0.05, 0) is 49.9 Å². The summed E-state index contributed by atoms with van der Waals surface area (Å²) in [4.78, 5) is 0. The molecule has 0 fully saturated rings. The van der Waals surface area contributed by atoms with Crippen LogP contribution < -0.4 is 5.46 Å². The molecule has 0 radical (unpaired) electrons. The second kappa shape index (κ2) is 3.63. The number of benzene rings is 1. The predicted octanol–water partition coefficient (Wildman–Crippen LogP) is 0.306. The third-order valence-corrected chi connectivity index (χ3v) is 2.96. The van der Waals surface area contributed by atoms with Crippen molar-refractivity contribution in [3.63, 3.8) is 0 Å². The Morgan fingerprint density at radius 2 is 1.21 bits per heavy atom. The number of phenolic OH excluding ortho intramolecular Hbond substituents is 1. The van der Waals surface area contributed by atoms with Crippen LogP contribution in [0.25, 0.3) is 0 Å². The highest BCUT2D eigenvalue weighted by molar-refractivity contribution is 6.60. The fourth-order valence-corrected chi connectivity index (χ4v) is 1.64. The van der Waals surface area contributed by atoms with Gasteiger partial charge in [-0.3, -0.25) is 0 Å². The van der Waals surface area contributed by atoms with E-state index in [9.17, 15) is 5.11 Å². The molecular formula is C10H15BO3. The first-order chi connectivity index (χ1) is 6.37. The third kappa shape index (κ3) is 1.51. The normalized spacial score (nSPS) is 10.4. The van der Waals surface area contributed by atoms with Crippen molar-refractivity contribution in [2.24, 2.45) is 0 Å². The van der Waals surface area contributed by atoms with Gasteiger partial charge in [0.15, 0.2) is 0 Å². The number of rotatable bonds is 1. The van der Waals surface area contributed by atoms with Crippen LogP contribution in [-0.4, -0.2) is 22.3 Å². The highest BCUT2D eigenvalue weighted by atomic mass is 16.4. The molecule has 0 aliphatic carbocycles. The average molecular weight is 194 g/mol. The summed E-state index contributed by atoms with van der Waals surface area (Å²) >= 11 is 0. The topological polar surface area (TPSA) is 60.7 Å². The summed E-state index contributed by atoms with van der Waals surface area (Å²) < 4.78 is 0. The molecule has 0 aromatic heterocycles. The summed E-state index contributed by atoms with van der Waals surface area (Å²) in [6.45, 7) is 7.35. The van der Waals surface area contributed by atoms with Crippen molar-refractivity contribution in [3.8, 4) is 5.75 Å². The first-order valence-electron chi connectivity index (χ1n) is 4.53. The molecule has 0 spiro atoms. The van der Waals surface area contributed by atoms with Crippen LogP contribution in [0.4, 0.5) is 0 Å². The van der Waals surface area contributed by atoms with Crippen LogP contribution in [0.2, 0.25) is 0 Å². The van der Waals surface area contributed by atoms with E-state index in [4.69, 9.17) is 10.0 Å². The molecule has 0 amide bonds. The highest BCUT2D eigenvalue weighted by Crippen LogP contribution is 2.24. The zero-order valence-electron chi connectivity index (χ0n) is 8.92. The number of aromatic hydroxyl groups is 1. The summed E-state index contributed by atoms with van der Waals surface area (Å²) in [6.07, 6.45) is 0. The molecule has 4 heteroatoms. The Kier molecular flexibility index (Phi) is 2.88. The molecule has 0 saturated heterocycles. The number of phenols is 1. The van der Waals surface area contributed by atoms with Crippen molar-refractivity contribution < 1.29 is 15.2 Å². The third-order valence-electron chi connectivity index (χ3n) is 2.96. The fourth-order valence-electron chi connectivity index (χ4n) is 1.64. The van der Waals surface area contributed by atoms with E-state index in [1.54, 1.807) is 13.8 Å². The lowest BCUT2D eigenvalue weighted by Crippen LogP contribution is -2.33. The molecule has 3 nitrogen and oxygen atoms in total. The van der Waals surface area contributed by atoms with Crippen molar-refractivity contribution in [1.29, 1.82) is 0 Å². The van der Waals surface area contributed by atoms with Gasteiger partial charge in [0.05, 0.1) is 0 Å². The van der Waals surface area contributed by atoms with Gasteiger partial charge in [-0.1, -0.05) is 0 Å². The van der Waals surface area contributed by atoms with Crippen molar-refractivity contribution in [1.82, 2.24) is 0 Å². The van der Waals surface area contributed by atoms with Crippen molar-refractivity contribution in [2.45, 2.75) is 27.7 Å². The SMILES string of the molecule is Cc1c(C)c(C)c(B(O)O)c(O)c1C. The Bertz CT molecular complexity index is 343. The van der Waals surface area contributed by atoms with Crippen molar-refractivity contribution in [2.75, 3.05) is 0 Å². The van der Waals surface area contributed by atoms with E-state index < -0.39 is 7.12 Å². The largest absolute Gasteiger partial charge is 0.508 e. The van der Waals surface area contributed by atoms with Crippen LogP contribution in [0.1, 0.15) is 22.3 Å². The Labute approximate surface area is 84.2 Å². The van der Waals surface area contributed by atoms with E-state index in [2.05, 4.69) is 0 Å². The molecule has 0 atom stereocenters. The molecule has 0 heterocycles. The van der Waals surface area contributed by atoms with Gasteiger partial charge in [0, 0.05) is 5.46 Å². The van der Waals surface area contributed by atoms with Gasteiger partial charge in [0.25, 0.3) is 0 Å². The first-order valence-corrected chi connectivity index (χ1v) is 4.53. The molecular weight excluding hydrogens is 179 g/mol. The summed E-state index contributed by atoms with van der Waals surface area (Å²) in [5.74, 6) is -0.0133. The monoisotopic (exact) mass is 194 g/mol. The van der Waals surface area contributed by atoms with Gasteiger partial charge in [-0.15, -0.1) is 0 Å². The van der Waals surface area contributed by atoms with Gasteiger partial charge in [-0.25, -0.2) is 0 Å². The van der Waals surface area contributed by atoms with E-state index in [1.807, 2.05) is 13.8 Å². The van der Waals surface area contributed by atoms with Crippen LogP contribution >= 0.6 is 0 Å². The van der Waals surface area contributed by atoms with Crippen molar-refractivity contribution in [3.05, 3.63) is 22.3 Å². The van der Waals surface area contributed by atoms with Crippen molar-refractivity contribution >= 4 is 12.6 Å². The fraction of sp³-hybridized carbons (Fsp3) is 0.400. The van der Waals surface area contributed by atoms with E-state index in [1.165, 1.54) is 0 Å². The standard InChI is InChI=1S/C10H15BO3/c1-5-6(2)8(4)10(12)9(7(5)3)11(13)14/h12-14H,1-4H3. The van der Waals surface area contributed by atoms with E-state index in [0.717, 1.165) is 16.7 Å². The Morgan fingerprint density at radius 3 is 1.64 bits per heavy atom. The molecule has 0 saturated carbocycles. The molecule has 1 aromatic rings. The summed E-state index contributed by atoms with van der Waals surface area (Å²) in [7, 11) is -1.62. The lowest BCUT2D eigenvalue weighted by atomic mass is 9.73. The molecule has 14 heavy (non-hydrogen) atoms. The van der Waals surface area contributed by atoms with E-state index >= 15 is 0 Å². The minimum Gasteiger partial charge on any atom is -0.508 e. The Balaban J connectivity index is 3.60. The lowest BCUT2D eigenvalue weighted by Gasteiger charge is -2.16. The number of hydrogen-bond acceptors (Lipinski definition) is 3. The second-order valence-corrected chi connectivity index (χ2v) is 3.64. The van der Waals surface area contributed by atoms with Gasteiger partial charge in [-0.2, -0.15) is 0 Å². The molecule has 0 aliphatic rings. The molecule has 76 valence electrons. The van der Waals surface area contributed by atoms with E-state index in [0.29, 0.717) is 5.56 Å². The van der Waals surface area contributed by atoms with Crippen LogP contribution in [0, 0.1) is 27.7 Å². The van der Waals surface area contributed by atoms with Crippen LogP contribution in [0.3, 0.4) is 0 Å². The second-order valence-electron chi connectivity index (χ2n) is 3.64. The Morgan fingerprint density at radius 1 is 0.786 bits per heavy atom. The molecule has 1 aromatic carbocycles. The minimum atomic E-state index is -1.62. The van der Waals surface area contributed by atoms with E-state index in [-0.39, 0.29) is 11.2 Å². The molecule has 1 rings (SSSR count).